The number of aromatic amines is 1. The number of hydrogen-bond donors (Lipinski definition) is 3. The third-order valence-electron chi connectivity index (χ3n) is 6.34. The molecule has 0 radical (unpaired) electrons. The fourth-order valence-corrected chi connectivity index (χ4v) is 4.78. The van der Waals surface area contributed by atoms with Crippen LogP contribution in [0.15, 0.2) is 28.7 Å². The Bertz CT molecular complexity index is 1170. The van der Waals surface area contributed by atoms with E-state index >= 15 is 0 Å². The van der Waals surface area contributed by atoms with E-state index in [2.05, 4.69) is 25.5 Å². The van der Waals surface area contributed by atoms with Gasteiger partial charge in [0, 0.05) is 41.0 Å². The number of halogens is 2. The lowest BCUT2D eigenvalue weighted by Crippen LogP contribution is -2.53. The Balaban J connectivity index is 0.00000259. The average molecular weight is 492 g/mol. The fourth-order valence-electron chi connectivity index (χ4n) is 4.60. The predicted octanol–water partition coefficient (Wildman–Crippen LogP) is 3.69. The molecular formula is C23H27Cl2N5O3. The summed E-state index contributed by atoms with van der Waals surface area (Å²) in [5.74, 6) is 0.344. The van der Waals surface area contributed by atoms with Crippen LogP contribution in [-0.4, -0.2) is 52.4 Å². The second kappa shape index (κ2) is 9.75. The Morgan fingerprint density at radius 3 is 2.64 bits per heavy atom. The number of hydrogen-bond acceptors (Lipinski definition) is 5. The van der Waals surface area contributed by atoms with Crippen LogP contribution in [0.2, 0.25) is 5.02 Å². The molecule has 1 aliphatic carbocycles. The Hall–Kier alpha value is -2.55. The van der Waals surface area contributed by atoms with E-state index in [9.17, 15) is 9.59 Å². The molecule has 2 amide bonds. The number of amides is 2. The monoisotopic (exact) mass is 491 g/mol. The molecule has 1 fully saturated rings. The third-order valence-corrected chi connectivity index (χ3v) is 6.58. The van der Waals surface area contributed by atoms with Crippen LogP contribution in [-0.2, 0) is 13.0 Å². The van der Waals surface area contributed by atoms with Gasteiger partial charge < -0.3 is 20.0 Å². The Kier molecular flexibility index (Phi) is 6.97. The van der Waals surface area contributed by atoms with E-state index in [1.807, 2.05) is 19.2 Å². The minimum absolute atomic E-state index is 0. The van der Waals surface area contributed by atoms with Crippen LogP contribution in [0.3, 0.4) is 0 Å². The smallest absolute Gasteiger partial charge is 0.307 e. The first-order valence-electron chi connectivity index (χ1n) is 11.0. The summed E-state index contributed by atoms with van der Waals surface area (Å²) in [6.45, 7) is 1.56. The molecule has 1 saturated carbocycles. The van der Waals surface area contributed by atoms with Crippen LogP contribution in [0.4, 0.5) is 0 Å². The number of nitrogens with one attached hydrogen (secondary N) is 3. The van der Waals surface area contributed by atoms with Crippen LogP contribution in [0, 0.1) is 0 Å². The first-order chi connectivity index (χ1) is 15.5. The number of carbonyl (C=O) groups excluding carboxylic acids is 2. The minimum atomic E-state index is -0.326. The van der Waals surface area contributed by atoms with Crippen molar-refractivity contribution in [2.24, 2.45) is 0 Å². The maximum Gasteiger partial charge on any atom is 0.307 e. The quantitative estimate of drug-likeness (QED) is 0.516. The molecule has 5 rings (SSSR count). The Morgan fingerprint density at radius 1 is 1.15 bits per heavy atom. The summed E-state index contributed by atoms with van der Waals surface area (Å²) in [4.78, 5) is 35.4. The number of likely N-dealkylation sites (N-methyl/N-ethyl adjacent to an activating group) is 1. The number of oxazole rings is 1. The summed E-state index contributed by atoms with van der Waals surface area (Å²) in [5.41, 5.74) is 2.19. The second-order valence-corrected chi connectivity index (χ2v) is 9.17. The molecule has 0 saturated heterocycles. The molecule has 2 aromatic heterocycles. The topological polar surface area (TPSA) is 103 Å². The van der Waals surface area contributed by atoms with Crippen molar-refractivity contribution in [1.29, 1.82) is 0 Å². The number of H-pyrrole nitrogens is 1. The van der Waals surface area contributed by atoms with Gasteiger partial charge in [-0.05, 0) is 44.2 Å². The summed E-state index contributed by atoms with van der Waals surface area (Å²) < 4.78 is 5.74. The van der Waals surface area contributed by atoms with Gasteiger partial charge in [-0.25, -0.2) is 4.98 Å². The Morgan fingerprint density at radius 2 is 1.88 bits per heavy atom. The molecule has 10 heteroatoms. The van der Waals surface area contributed by atoms with Gasteiger partial charge in [-0.1, -0.05) is 24.4 Å². The highest BCUT2D eigenvalue weighted by atomic mass is 35.5. The van der Waals surface area contributed by atoms with Crippen LogP contribution in [0.25, 0.3) is 10.9 Å². The van der Waals surface area contributed by atoms with Gasteiger partial charge in [0.25, 0.3) is 11.8 Å². The molecule has 176 valence electrons. The normalized spacial score (nSPS) is 20.7. The average Bonchev–Trinajstić information content (AvgIpc) is 3.38. The highest BCUT2D eigenvalue weighted by Crippen LogP contribution is 2.23. The summed E-state index contributed by atoms with van der Waals surface area (Å²) >= 11 is 6.05. The number of aromatic nitrogens is 2. The lowest BCUT2D eigenvalue weighted by atomic mass is 9.90. The van der Waals surface area contributed by atoms with Crippen molar-refractivity contribution in [1.82, 2.24) is 25.5 Å². The molecular weight excluding hydrogens is 465 g/mol. The number of benzene rings is 1. The van der Waals surface area contributed by atoms with E-state index in [1.54, 1.807) is 12.1 Å². The Labute approximate surface area is 202 Å². The van der Waals surface area contributed by atoms with Crippen LogP contribution < -0.4 is 10.6 Å². The molecule has 1 aromatic carbocycles. The lowest BCUT2D eigenvalue weighted by molar-refractivity contribution is 0.0839. The second-order valence-electron chi connectivity index (χ2n) is 8.74. The van der Waals surface area contributed by atoms with E-state index in [0.717, 1.165) is 61.0 Å². The molecule has 8 nitrogen and oxygen atoms in total. The molecule has 3 N–H and O–H groups in total. The van der Waals surface area contributed by atoms with Gasteiger partial charge in [0.2, 0.25) is 0 Å². The van der Waals surface area contributed by atoms with Crippen molar-refractivity contribution in [3.8, 4) is 0 Å². The highest BCUT2D eigenvalue weighted by molar-refractivity contribution is 6.31. The number of carbonyl (C=O) groups is 2. The summed E-state index contributed by atoms with van der Waals surface area (Å²) in [7, 11) is 2.02. The molecule has 0 spiro atoms. The molecule has 33 heavy (non-hydrogen) atoms. The largest absolute Gasteiger partial charge is 0.436 e. The van der Waals surface area contributed by atoms with Crippen molar-refractivity contribution >= 4 is 46.7 Å². The van der Waals surface area contributed by atoms with Crippen molar-refractivity contribution in [3.05, 3.63) is 52.3 Å². The van der Waals surface area contributed by atoms with Crippen LogP contribution in [0.1, 0.15) is 58.3 Å². The zero-order valence-electron chi connectivity index (χ0n) is 18.3. The first kappa shape index (κ1) is 23.6. The fraction of sp³-hybridized carbons (Fsp3) is 0.435. The summed E-state index contributed by atoms with van der Waals surface area (Å²) in [6.07, 6.45) is 4.37. The standard InChI is InChI=1S/C23H26ClN5O3.ClH/c1-29-9-8-18-20(12-29)32-23(28-18)22(31)27-17-5-3-2-4-16(17)26-21(30)19-11-13-10-14(24)6-7-15(13)25-19;/h6-7,10-11,16-17,25H,2-5,8-9,12H2,1H3,(H,26,30)(H,27,31);1H/t16-,17+;/m0./s1. The summed E-state index contributed by atoms with van der Waals surface area (Å²) in [5, 5.41) is 7.65. The SMILES string of the molecule is CN1CCc2nc(C(=O)N[C@@H]3CCCC[C@@H]3NC(=O)c3cc4cc(Cl)ccc4[nH]3)oc2C1.Cl. The first-order valence-corrected chi connectivity index (χ1v) is 11.4. The van der Waals surface area contributed by atoms with E-state index in [1.165, 1.54) is 0 Å². The lowest BCUT2D eigenvalue weighted by Gasteiger charge is -2.32. The van der Waals surface area contributed by atoms with Gasteiger partial charge in [-0.2, -0.15) is 0 Å². The van der Waals surface area contributed by atoms with E-state index in [-0.39, 0.29) is 42.2 Å². The molecule has 3 aromatic rings. The van der Waals surface area contributed by atoms with Gasteiger partial charge >= 0.3 is 5.91 Å². The maximum atomic E-state index is 12.9. The highest BCUT2D eigenvalue weighted by Gasteiger charge is 2.31. The molecule has 0 bridgehead atoms. The number of fused-ring (bicyclic) bond motifs is 2. The molecule has 0 unspecified atom stereocenters. The van der Waals surface area contributed by atoms with Crippen molar-refractivity contribution in [2.45, 2.75) is 50.7 Å². The van der Waals surface area contributed by atoms with Gasteiger partial charge in [0.05, 0.1) is 12.2 Å². The van der Waals surface area contributed by atoms with Crippen LogP contribution >= 0.6 is 24.0 Å². The van der Waals surface area contributed by atoms with Crippen LogP contribution in [0.5, 0.6) is 0 Å². The zero-order valence-corrected chi connectivity index (χ0v) is 19.9. The van der Waals surface area contributed by atoms with Gasteiger partial charge in [-0.3, -0.25) is 14.5 Å². The maximum absolute atomic E-state index is 12.9. The van der Waals surface area contributed by atoms with Crippen molar-refractivity contribution in [3.63, 3.8) is 0 Å². The molecule has 2 atom stereocenters. The van der Waals surface area contributed by atoms with E-state index < -0.39 is 0 Å². The summed E-state index contributed by atoms with van der Waals surface area (Å²) in [6, 6.07) is 6.92. The zero-order chi connectivity index (χ0) is 22.2. The number of rotatable bonds is 4. The molecule has 1 aliphatic heterocycles. The van der Waals surface area contributed by atoms with E-state index in [0.29, 0.717) is 17.3 Å². The minimum Gasteiger partial charge on any atom is -0.436 e. The van der Waals surface area contributed by atoms with Crippen molar-refractivity contribution < 1.29 is 14.0 Å². The third kappa shape index (κ3) is 5.03. The molecule has 3 heterocycles. The van der Waals surface area contributed by atoms with E-state index in [4.69, 9.17) is 16.0 Å². The van der Waals surface area contributed by atoms with Crippen molar-refractivity contribution in [2.75, 3.05) is 13.6 Å². The molecule has 2 aliphatic rings. The van der Waals surface area contributed by atoms with Gasteiger partial charge in [0.15, 0.2) is 0 Å². The van der Waals surface area contributed by atoms with Gasteiger partial charge in [-0.15, -0.1) is 12.4 Å². The predicted molar refractivity (Wildman–Crippen MR) is 128 cm³/mol. The van der Waals surface area contributed by atoms with Gasteiger partial charge in [0.1, 0.15) is 11.5 Å². The number of nitrogens with zero attached hydrogens (tertiary/aromatic N) is 2.